The Morgan fingerprint density at radius 2 is 0.824 bits per heavy atom. The molecule has 0 radical (unpaired) electrons. The van der Waals surface area contributed by atoms with Gasteiger partial charge >= 0.3 is 11.9 Å². The van der Waals surface area contributed by atoms with Crippen molar-refractivity contribution >= 4 is 17.9 Å². The zero-order valence-corrected chi connectivity index (χ0v) is 45.3. The fourth-order valence-corrected chi connectivity index (χ4v) is 8.55. The molecule has 0 aromatic rings. The minimum atomic E-state index is -1.12. The number of likely N-dealkylation sites (N-methyl/N-ethyl adjacent to an activating group) is 1. The monoisotopic (exact) mass is 956 g/mol. The number of rotatable bonds is 52. The Bertz CT molecular complexity index is 1250. The van der Waals surface area contributed by atoms with E-state index < -0.39 is 18.1 Å². The number of hydrogen-bond acceptors (Lipinski definition) is 7. The van der Waals surface area contributed by atoms with Gasteiger partial charge in [-0.05, 0) is 70.6 Å². The van der Waals surface area contributed by atoms with E-state index in [9.17, 15) is 19.5 Å². The van der Waals surface area contributed by atoms with E-state index in [2.05, 4.69) is 62.5 Å². The van der Waals surface area contributed by atoms with Crippen molar-refractivity contribution in [1.29, 1.82) is 0 Å². The fraction of sp³-hybridized carbons (Fsp3) is 0.817. The van der Waals surface area contributed by atoms with Crippen molar-refractivity contribution in [1.82, 2.24) is 0 Å². The lowest BCUT2D eigenvalue weighted by molar-refractivity contribution is -0.889. The Balaban J connectivity index is 4.16. The molecule has 0 aromatic heterocycles. The summed E-state index contributed by atoms with van der Waals surface area (Å²) in [5, 5.41) is 11.7. The third-order valence-electron chi connectivity index (χ3n) is 12.9. The second-order valence-corrected chi connectivity index (χ2v) is 20.5. The van der Waals surface area contributed by atoms with Crippen LogP contribution in [0.15, 0.2) is 48.6 Å². The van der Waals surface area contributed by atoms with Gasteiger partial charge in [0.25, 0.3) is 0 Å². The Kier molecular flexibility index (Phi) is 48.7. The third kappa shape index (κ3) is 48.3. The van der Waals surface area contributed by atoms with Crippen LogP contribution < -0.4 is 5.11 Å². The van der Waals surface area contributed by atoms with Crippen LogP contribution in [0.3, 0.4) is 0 Å². The molecule has 0 amide bonds. The van der Waals surface area contributed by atoms with Crippen LogP contribution in [0.5, 0.6) is 0 Å². The molecule has 0 heterocycles. The first-order chi connectivity index (χ1) is 33.1. The van der Waals surface area contributed by atoms with Crippen LogP contribution in [0.4, 0.5) is 0 Å². The second kappa shape index (κ2) is 50.7. The molecule has 396 valence electrons. The average molecular weight is 957 g/mol. The number of ether oxygens (including phenoxy) is 3. The SMILES string of the molecule is CC/C=C/C/C=C/C/C=C/CCCCCCCCCCCCCCCC(=O)OCC(COCCC(C(=O)[O-])[N+](C)(C)C)OC(=O)CCCCCCCCC/C=C/CCCCCCCCCCCC. The summed E-state index contributed by atoms with van der Waals surface area (Å²) < 4.78 is 17.3. The van der Waals surface area contributed by atoms with E-state index in [-0.39, 0.29) is 42.7 Å². The Morgan fingerprint density at radius 3 is 1.24 bits per heavy atom. The van der Waals surface area contributed by atoms with Gasteiger partial charge in [-0.15, -0.1) is 0 Å². The van der Waals surface area contributed by atoms with Gasteiger partial charge < -0.3 is 28.6 Å². The van der Waals surface area contributed by atoms with Crippen LogP contribution in [0, 0.1) is 0 Å². The van der Waals surface area contributed by atoms with Crippen molar-refractivity contribution in [3.63, 3.8) is 0 Å². The molecule has 0 bridgehead atoms. The third-order valence-corrected chi connectivity index (χ3v) is 12.9. The molecule has 0 saturated heterocycles. The number of esters is 2. The molecule has 0 aliphatic carbocycles. The molecule has 0 fully saturated rings. The first-order valence-electron chi connectivity index (χ1n) is 28.7. The van der Waals surface area contributed by atoms with Crippen LogP contribution in [-0.4, -0.2) is 75.5 Å². The zero-order valence-electron chi connectivity index (χ0n) is 45.3. The van der Waals surface area contributed by atoms with Gasteiger partial charge in [0.15, 0.2) is 6.10 Å². The molecule has 0 aliphatic heterocycles. The summed E-state index contributed by atoms with van der Waals surface area (Å²) in [5.41, 5.74) is 0. The van der Waals surface area contributed by atoms with Crippen LogP contribution in [0.25, 0.3) is 0 Å². The fourth-order valence-electron chi connectivity index (χ4n) is 8.55. The average Bonchev–Trinajstić information content (AvgIpc) is 3.30. The first-order valence-corrected chi connectivity index (χ1v) is 28.7. The van der Waals surface area contributed by atoms with Gasteiger partial charge in [-0.25, -0.2) is 0 Å². The number of carbonyl (C=O) groups excluding carboxylic acids is 3. The highest BCUT2D eigenvalue weighted by Gasteiger charge is 2.25. The number of allylic oxidation sites excluding steroid dienone is 8. The van der Waals surface area contributed by atoms with E-state index in [1.165, 1.54) is 173 Å². The predicted octanol–water partition coefficient (Wildman–Crippen LogP) is 15.8. The van der Waals surface area contributed by atoms with Gasteiger partial charge in [0.1, 0.15) is 12.6 Å². The van der Waals surface area contributed by atoms with Crippen molar-refractivity contribution in [3.8, 4) is 0 Å². The highest BCUT2D eigenvalue weighted by molar-refractivity contribution is 5.70. The Labute approximate surface area is 420 Å². The maximum atomic E-state index is 12.8. The largest absolute Gasteiger partial charge is 0.544 e. The maximum absolute atomic E-state index is 12.8. The molecule has 0 spiro atoms. The zero-order chi connectivity index (χ0) is 49.9. The standard InChI is InChI=1S/C60H109NO7/c1-6-8-10-12-14-16-18-20-22-24-26-28-29-31-32-34-36-38-40-42-44-46-48-50-58(62)67-55-56(54-66-53-52-57(60(64)65)61(3,4)5)68-59(63)51-49-47-45-43-41-39-37-35-33-30-27-25-23-21-19-17-15-13-11-9-7-2/h8,10,14,16,20,22,30,33,56-57H,6-7,9,11-13,15,17-19,21,23-29,31-32,34-55H2,1-5H3/b10-8+,16-14+,22-20+,33-30+. The van der Waals surface area contributed by atoms with Crippen molar-refractivity contribution in [2.75, 3.05) is 41.0 Å². The van der Waals surface area contributed by atoms with E-state index in [1.807, 2.05) is 21.1 Å². The summed E-state index contributed by atoms with van der Waals surface area (Å²) in [6.45, 7) is 4.59. The number of quaternary nitrogens is 1. The summed E-state index contributed by atoms with van der Waals surface area (Å²) in [7, 11) is 5.43. The van der Waals surface area contributed by atoms with Crippen molar-refractivity contribution in [2.24, 2.45) is 0 Å². The van der Waals surface area contributed by atoms with E-state index in [1.54, 1.807) is 0 Å². The molecule has 0 rings (SSSR count). The van der Waals surface area contributed by atoms with Crippen molar-refractivity contribution in [2.45, 2.75) is 276 Å². The van der Waals surface area contributed by atoms with E-state index in [4.69, 9.17) is 14.2 Å². The second-order valence-electron chi connectivity index (χ2n) is 20.5. The van der Waals surface area contributed by atoms with Gasteiger partial charge in [-0.2, -0.15) is 0 Å². The molecule has 68 heavy (non-hydrogen) atoms. The maximum Gasteiger partial charge on any atom is 0.306 e. The lowest BCUT2D eigenvalue weighted by atomic mass is 10.0. The molecular formula is C60H109NO7. The van der Waals surface area contributed by atoms with Gasteiger partial charge in [-0.1, -0.05) is 223 Å². The molecule has 2 unspecified atom stereocenters. The van der Waals surface area contributed by atoms with E-state index in [0.29, 0.717) is 12.8 Å². The number of carbonyl (C=O) groups is 3. The topological polar surface area (TPSA) is 102 Å². The smallest absolute Gasteiger partial charge is 0.306 e. The van der Waals surface area contributed by atoms with Crippen LogP contribution in [0.2, 0.25) is 0 Å². The summed E-state index contributed by atoms with van der Waals surface area (Å²) in [6.07, 6.45) is 63.0. The summed E-state index contributed by atoms with van der Waals surface area (Å²) in [6, 6.07) is -0.727. The lowest BCUT2D eigenvalue weighted by Gasteiger charge is -2.34. The van der Waals surface area contributed by atoms with Crippen molar-refractivity contribution in [3.05, 3.63) is 48.6 Å². The number of carboxylic acid groups (broad SMARTS) is 1. The minimum absolute atomic E-state index is 0.0403. The molecule has 2 atom stereocenters. The molecule has 0 aromatic carbocycles. The lowest BCUT2D eigenvalue weighted by Crippen LogP contribution is -2.55. The number of hydrogen-bond donors (Lipinski definition) is 0. The van der Waals surface area contributed by atoms with E-state index >= 15 is 0 Å². The molecule has 0 aliphatic rings. The molecule has 8 heteroatoms. The Hall–Kier alpha value is -2.71. The normalized spacial score (nSPS) is 13.1. The molecular weight excluding hydrogens is 847 g/mol. The van der Waals surface area contributed by atoms with Crippen LogP contribution >= 0.6 is 0 Å². The summed E-state index contributed by atoms with van der Waals surface area (Å²) in [4.78, 5) is 37.2. The highest BCUT2D eigenvalue weighted by atomic mass is 16.6. The van der Waals surface area contributed by atoms with Gasteiger partial charge in [0.2, 0.25) is 0 Å². The van der Waals surface area contributed by atoms with Gasteiger partial charge in [-0.3, -0.25) is 9.59 Å². The predicted molar refractivity (Wildman–Crippen MR) is 286 cm³/mol. The quantitative estimate of drug-likeness (QED) is 0.0259. The summed E-state index contributed by atoms with van der Waals surface area (Å²) in [5.74, 6) is -1.73. The van der Waals surface area contributed by atoms with Gasteiger partial charge in [0.05, 0.1) is 40.3 Å². The van der Waals surface area contributed by atoms with Crippen LogP contribution in [-0.2, 0) is 28.6 Å². The highest BCUT2D eigenvalue weighted by Crippen LogP contribution is 2.16. The number of nitrogens with zero attached hydrogens (tertiary/aromatic N) is 1. The first kappa shape index (κ1) is 65.3. The van der Waals surface area contributed by atoms with E-state index in [0.717, 1.165) is 57.8 Å². The molecule has 0 N–H and O–H groups in total. The number of aliphatic carboxylic acids is 1. The Morgan fingerprint density at radius 1 is 0.456 bits per heavy atom. The number of carboxylic acids is 1. The minimum Gasteiger partial charge on any atom is -0.544 e. The number of unbranched alkanes of at least 4 members (excludes halogenated alkanes) is 30. The molecule has 0 saturated carbocycles. The summed E-state index contributed by atoms with van der Waals surface area (Å²) >= 11 is 0. The molecule has 8 nitrogen and oxygen atoms in total. The van der Waals surface area contributed by atoms with Crippen molar-refractivity contribution < 1.29 is 38.2 Å². The van der Waals surface area contributed by atoms with Gasteiger partial charge in [0, 0.05) is 19.3 Å². The van der Waals surface area contributed by atoms with Crippen LogP contribution in [0.1, 0.15) is 264 Å².